The summed E-state index contributed by atoms with van der Waals surface area (Å²) in [5.74, 6) is -1.94. The van der Waals surface area contributed by atoms with E-state index in [1.54, 1.807) is 12.1 Å². The van der Waals surface area contributed by atoms with Gasteiger partial charge in [0.05, 0.1) is 10.9 Å². The third kappa shape index (κ3) is 3.02. The molecule has 0 aliphatic carbocycles. The Labute approximate surface area is 116 Å². The molecule has 0 fully saturated rings. The van der Waals surface area contributed by atoms with Gasteiger partial charge < -0.3 is 5.73 Å². The smallest absolute Gasteiger partial charge is 0.175 e. The van der Waals surface area contributed by atoms with Crippen molar-refractivity contribution in [2.45, 2.75) is 10.9 Å². The molecule has 2 aromatic rings. The van der Waals surface area contributed by atoms with Crippen LogP contribution in [0.5, 0.6) is 0 Å². The highest BCUT2D eigenvalue weighted by Gasteiger charge is 2.14. The first-order valence-corrected chi connectivity index (χ1v) is 7.69. The monoisotopic (exact) mass is 297 g/mol. The van der Waals surface area contributed by atoms with Gasteiger partial charge in [-0.25, -0.2) is 17.2 Å². The Morgan fingerprint density at radius 1 is 1.00 bits per heavy atom. The van der Waals surface area contributed by atoms with Gasteiger partial charge in [0.2, 0.25) is 0 Å². The summed E-state index contributed by atoms with van der Waals surface area (Å²) >= 11 is 0. The molecule has 0 saturated heterocycles. The Bertz CT molecular complexity index is 745. The highest BCUT2D eigenvalue weighted by Crippen LogP contribution is 2.23. The molecule has 1 atom stereocenters. The predicted molar refractivity (Wildman–Crippen MR) is 71.9 cm³/mol. The highest BCUT2D eigenvalue weighted by atomic mass is 32.2. The van der Waals surface area contributed by atoms with Gasteiger partial charge in [-0.15, -0.1) is 0 Å². The van der Waals surface area contributed by atoms with Gasteiger partial charge in [0.15, 0.2) is 21.5 Å². The average Bonchev–Trinajstić information content (AvgIpc) is 2.40. The molecule has 0 amide bonds. The summed E-state index contributed by atoms with van der Waals surface area (Å²) in [5.41, 5.74) is 6.85. The normalized spacial score (nSPS) is 13.2. The molecule has 0 heterocycles. The van der Waals surface area contributed by atoms with Crippen LogP contribution in [0.2, 0.25) is 0 Å². The van der Waals surface area contributed by atoms with Crippen molar-refractivity contribution >= 4 is 9.84 Å². The second-order valence-corrected chi connectivity index (χ2v) is 6.51. The Morgan fingerprint density at radius 3 is 2.25 bits per heavy atom. The lowest BCUT2D eigenvalue weighted by Gasteiger charge is -2.13. The lowest BCUT2D eigenvalue weighted by atomic mass is 9.99. The van der Waals surface area contributed by atoms with Crippen LogP contribution >= 0.6 is 0 Å². The molecule has 0 aromatic heterocycles. The van der Waals surface area contributed by atoms with Crippen LogP contribution < -0.4 is 5.73 Å². The zero-order valence-electron chi connectivity index (χ0n) is 10.7. The van der Waals surface area contributed by atoms with E-state index in [1.165, 1.54) is 18.2 Å². The molecule has 0 saturated carbocycles. The fourth-order valence-corrected chi connectivity index (χ4v) is 2.51. The maximum Gasteiger partial charge on any atom is 0.175 e. The van der Waals surface area contributed by atoms with Crippen LogP contribution in [0.15, 0.2) is 47.4 Å². The van der Waals surface area contributed by atoms with E-state index in [2.05, 4.69) is 0 Å². The fraction of sp³-hybridized carbons (Fsp3) is 0.143. The van der Waals surface area contributed by atoms with Crippen molar-refractivity contribution in [1.82, 2.24) is 0 Å². The van der Waals surface area contributed by atoms with Crippen LogP contribution in [0.1, 0.15) is 17.2 Å². The number of hydrogen-bond donors (Lipinski definition) is 1. The van der Waals surface area contributed by atoms with E-state index in [4.69, 9.17) is 5.73 Å². The van der Waals surface area contributed by atoms with Crippen molar-refractivity contribution in [3.05, 3.63) is 65.2 Å². The lowest BCUT2D eigenvalue weighted by Crippen LogP contribution is -2.13. The summed E-state index contributed by atoms with van der Waals surface area (Å²) in [5, 5.41) is 0. The van der Waals surface area contributed by atoms with Crippen LogP contribution in [0, 0.1) is 11.6 Å². The van der Waals surface area contributed by atoms with Crippen LogP contribution in [0.4, 0.5) is 8.78 Å². The molecule has 0 aliphatic heterocycles. The topological polar surface area (TPSA) is 60.2 Å². The third-order valence-electron chi connectivity index (χ3n) is 2.95. The minimum atomic E-state index is -3.35. The summed E-state index contributed by atoms with van der Waals surface area (Å²) in [4.78, 5) is 0.132. The number of halogens is 2. The van der Waals surface area contributed by atoms with E-state index in [0.29, 0.717) is 11.1 Å². The Morgan fingerprint density at radius 2 is 1.65 bits per heavy atom. The molecule has 6 heteroatoms. The summed E-state index contributed by atoms with van der Waals surface area (Å²) in [7, 11) is -3.35. The van der Waals surface area contributed by atoms with Gasteiger partial charge in [0.1, 0.15) is 0 Å². The summed E-state index contributed by atoms with van der Waals surface area (Å²) < 4.78 is 49.1. The minimum absolute atomic E-state index is 0.132. The van der Waals surface area contributed by atoms with E-state index < -0.39 is 27.5 Å². The van der Waals surface area contributed by atoms with Gasteiger partial charge >= 0.3 is 0 Å². The number of nitrogens with two attached hydrogens (primary N) is 1. The first-order chi connectivity index (χ1) is 9.29. The van der Waals surface area contributed by atoms with E-state index in [1.807, 2.05) is 0 Å². The van der Waals surface area contributed by atoms with E-state index in [9.17, 15) is 17.2 Å². The molecule has 0 radical (unpaired) electrons. The van der Waals surface area contributed by atoms with Crippen LogP contribution in [0.3, 0.4) is 0 Å². The second kappa shape index (κ2) is 5.30. The van der Waals surface area contributed by atoms with Crippen molar-refractivity contribution in [3.63, 3.8) is 0 Å². The van der Waals surface area contributed by atoms with Gasteiger partial charge in [0.25, 0.3) is 0 Å². The van der Waals surface area contributed by atoms with Gasteiger partial charge in [-0.2, -0.15) is 0 Å². The molecule has 0 spiro atoms. The molecule has 2 rings (SSSR count). The molecular formula is C14H13F2NO2S. The van der Waals surface area contributed by atoms with Crippen molar-refractivity contribution < 1.29 is 17.2 Å². The van der Waals surface area contributed by atoms with Crippen LogP contribution in [0.25, 0.3) is 0 Å². The SMILES string of the molecule is CS(=O)(=O)c1cccc([C@@H](N)c2ccc(F)c(F)c2)c1. The molecule has 20 heavy (non-hydrogen) atoms. The third-order valence-corrected chi connectivity index (χ3v) is 4.06. The minimum Gasteiger partial charge on any atom is -0.320 e. The summed E-state index contributed by atoms with van der Waals surface area (Å²) in [6, 6.07) is 8.73. The largest absolute Gasteiger partial charge is 0.320 e. The number of rotatable bonds is 3. The second-order valence-electron chi connectivity index (χ2n) is 4.50. The van der Waals surface area contributed by atoms with E-state index in [-0.39, 0.29) is 4.90 Å². The maximum absolute atomic E-state index is 13.2. The van der Waals surface area contributed by atoms with Gasteiger partial charge in [-0.3, -0.25) is 0 Å². The summed E-state index contributed by atoms with van der Waals surface area (Å²) in [6.45, 7) is 0. The molecule has 0 unspecified atom stereocenters. The Kier molecular flexibility index (Phi) is 3.87. The van der Waals surface area contributed by atoms with Crippen molar-refractivity contribution in [2.75, 3.05) is 6.26 Å². The number of sulfone groups is 1. The van der Waals surface area contributed by atoms with Gasteiger partial charge in [-0.05, 0) is 35.4 Å². The fourth-order valence-electron chi connectivity index (χ4n) is 1.84. The van der Waals surface area contributed by atoms with E-state index in [0.717, 1.165) is 18.4 Å². The van der Waals surface area contributed by atoms with Gasteiger partial charge in [-0.1, -0.05) is 18.2 Å². The standard InChI is InChI=1S/C14H13F2NO2S/c1-20(18,19)11-4-2-3-9(7-11)14(17)10-5-6-12(15)13(16)8-10/h2-8,14H,17H2,1H3/t14-/m1/s1. The molecule has 3 nitrogen and oxygen atoms in total. The first kappa shape index (κ1) is 14.6. The van der Waals surface area contributed by atoms with Crippen LogP contribution in [-0.4, -0.2) is 14.7 Å². The Balaban J connectivity index is 2.43. The number of benzene rings is 2. The molecule has 2 aromatic carbocycles. The van der Waals surface area contributed by atoms with Crippen molar-refractivity contribution in [2.24, 2.45) is 5.73 Å². The zero-order chi connectivity index (χ0) is 14.9. The maximum atomic E-state index is 13.2. The highest BCUT2D eigenvalue weighted by molar-refractivity contribution is 7.90. The molecular weight excluding hydrogens is 284 g/mol. The van der Waals surface area contributed by atoms with Crippen molar-refractivity contribution in [3.8, 4) is 0 Å². The first-order valence-electron chi connectivity index (χ1n) is 5.79. The molecule has 0 bridgehead atoms. The van der Waals surface area contributed by atoms with E-state index >= 15 is 0 Å². The predicted octanol–water partition coefficient (Wildman–Crippen LogP) is 2.42. The lowest BCUT2D eigenvalue weighted by molar-refractivity contribution is 0.506. The van der Waals surface area contributed by atoms with Gasteiger partial charge in [0, 0.05) is 6.26 Å². The molecule has 2 N–H and O–H groups in total. The van der Waals surface area contributed by atoms with Crippen LogP contribution in [-0.2, 0) is 9.84 Å². The average molecular weight is 297 g/mol. The summed E-state index contributed by atoms with van der Waals surface area (Å²) in [6.07, 6.45) is 1.09. The number of hydrogen-bond acceptors (Lipinski definition) is 3. The quantitative estimate of drug-likeness (QED) is 0.946. The molecule has 0 aliphatic rings. The zero-order valence-corrected chi connectivity index (χ0v) is 11.5. The molecule has 106 valence electrons. The Hall–Kier alpha value is -1.79. The van der Waals surface area contributed by atoms with Crippen molar-refractivity contribution in [1.29, 1.82) is 0 Å².